The molecule has 8 nitrogen and oxygen atoms in total. The standard InChI is InChI=1S/C16H25N3O5S/c1-12-4-9-23-15(12)16(20)17-5-7-18(8-6-17)25(21,22)19-10-13(2)24-14(3)11-19/h4,9,13-14H,5-8,10-11H2,1-3H3. The fourth-order valence-electron chi connectivity index (χ4n) is 3.34. The largest absolute Gasteiger partial charge is 0.459 e. The molecule has 2 saturated heterocycles. The number of carbonyl (C=O) groups excluding carboxylic acids is 1. The van der Waals surface area contributed by atoms with E-state index in [1.54, 1.807) is 11.0 Å². The van der Waals surface area contributed by atoms with E-state index in [0.717, 1.165) is 5.56 Å². The Morgan fingerprint density at radius 1 is 1.08 bits per heavy atom. The summed E-state index contributed by atoms with van der Waals surface area (Å²) < 4.78 is 39.5. The van der Waals surface area contributed by atoms with E-state index in [0.29, 0.717) is 31.9 Å². The number of ether oxygens (including phenoxy) is 1. The van der Waals surface area contributed by atoms with Crippen molar-refractivity contribution < 1.29 is 22.4 Å². The van der Waals surface area contributed by atoms with Crippen LogP contribution in [0.1, 0.15) is 30.0 Å². The number of carbonyl (C=O) groups is 1. The number of nitrogens with zero attached hydrogens (tertiary/aromatic N) is 3. The number of aryl methyl sites for hydroxylation is 1. The van der Waals surface area contributed by atoms with Gasteiger partial charge in [0.25, 0.3) is 16.1 Å². The molecule has 0 radical (unpaired) electrons. The van der Waals surface area contributed by atoms with Crippen LogP contribution in [0.3, 0.4) is 0 Å². The minimum absolute atomic E-state index is 0.122. The number of rotatable bonds is 3. The van der Waals surface area contributed by atoms with Gasteiger partial charge in [-0.15, -0.1) is 0 Å². The molecule has 2 unspecified atom stereocenters. The Morgan fingerprint density at radius 2 is 1.68 bits per heavy atom. The van der Waals surface area contributed by atoms with Gasteiger partial charge in [0.15, 0.2) is 5.76 Å². The third-order valence-corrected chi connectivity index (χ3v) is 6.59. The first kappa shape index (κ1) is 18.4. The van der Waals surface area contributed by atoms with Crippen molar-refractivity contribution >= 4 is 16.1 Å². The van der Waals surface area contributed by atoms with Crippen molar-refractivity contribution in [2.75, 3.05) is 39.3 Å². The summed E-state index contributed by atoms with van der Waals surface area (Å²) in [5.41, 5.74) is 0.788. The van der Waals surface area contributed by atoms with Crippen molar-refractivity contribution in [3.63, 3.8) is 0 Å². The molecule has 1 aromatic rings. The lowest BCUT2D eigenvalue weighted by molar-refractivity contribution is -0.0457. The van der Waals surface area contributed by atoms with E-state index in [9.17, 15) is 13.2 Å². The van der Waals surface area contributed by atoms with Gasteiger partial charge >= 0.3 is 0 Å². The lowest BCUT2D eigenvalue weighted by Crippen LogP contribution is -2.57. The van der Waals surface area contributed by atoms with Crippen molar-refractivity contribution in [2.24, 2.45) is 0 Å². The highest BCUT2D eigenvalue weighted by atomic mass is 32.2. The highest BCUT2D eigenvalue weighted by molar-refractivity contribution is 7.86. The Bertz CT molecular complexity index is 714. The van der Waals surface area contributed by atoms with Gasteiger partial charge < -0.3 is 14.1 Å². The van der Waals surface area contributed by atoms with E-state index in [1.807, 2.05) is 20.8 Å². The van der Waals surface area contributed by atoms with E-state index >= 15 is 0 Å². The topological polar surface area (TPSA) is 83.3 Å². The predicted octanol–water partition coefficient (Wildman–Crippen LogP) is 0.700. The van der Waals surface area contributed by atoms with Crippen LogP contribution in [0.25, 0.3) is 0 Å². The molecule has 0 saturated carbocycles. The number of morpholine rings is 1. The summed E-state index contributed by atoms with van der Waals surface area (Å²) in [6.45, 7) is 7.57. The zero-order chi connectivity index (χ0) is 18.2. The third kappa shape index (κ3) is 3.74. The zero-order valence-electron chi connectivity index (χ0n) is 14.8. The normalized spacial score (nSPS) is 26.8. The average Bonchev–Trinajstić information content (AvgIpc) is 2.99. The molecule has 3 heterocycles. The van der Waals surface area contributed by atoms with Crippen LogP contribution >= 0.6 is 0 Å². The van der Waals surface area contributed by atoms with Crippen molar-refractivity contribution in [1.29, 1.82) is 0 Å². The molecule has 0 N–H and O–H groups in total. The highest BCUT2D eigenvalue weighted by Gasteiger charge is 2.37. The second-order valence-corrected chi connectivity index (χ2v) is 8.63. The Morgan fingerprint density at radius 3 is 2.20 bits per heavy atom. The summed E-state index contributed by atoms with van der Waals surface area (Å²) in [6, 6.07) is 1.74. The number of amides is 1. The number of hydrogen-bond acceptors (Lipinski definition) is 5. The van der Waals surface area contributed by atoms with Gasteiger partial charge in [0.2, 0.25) is 0 Å². The number of hydrogen-bond donors (Lipinski definition) is 0. The molecule has 2 fully saturated rings. The van der Waals surface area contributed by atoms with Crippen molar-refractivity contribution in [2.45, 2.75) is 33.0 Å². The molecular formula is C16H25N3O5S. The van der Waals surface area contributed by atoms with Gasteiger partial charge in [-0.2, -0.15) is 17.0 Å². The minimum atomic E-state index is -3.54. The fourth-order valence-corrected chi connectivity index (χ4v) is 5.09. The zero-order valence-corrected chi connectivity index (χ0v) is 15.7. The predicted molar refractivity (Wildman–Crippen MR) is 91.4 cm³/mol. The van der Waals surface area contributed by atoms with E-state index in [2.05, 4.69) is 0 Å². The number of furan rings is 1. The molecule has 1 amide bonds. The molecule has 3 rings (SSSR count). The molecule has 2 atom stereocenters. The van der Waals surface area contributed by atoms with E-state index < -0.39 is 10.2 Å². The summed E-state index contributed by atoms with van der Waals surface area (Å²) >= 11 is 0. The van der Waals surface area contributed by atoms with E-state index in [4.69, 9.17) is 9.15 Å². The third-order valence-electron chi connectivity index (χ3n) is 4.62. The highest BCUT2D eigenvalue weighted by Crippen LogP contribution is 2.20. The van der Waals surface area contributed by atoms with Crippen LogP contribution in [-0.4, -0.2) is 79.3 Å². The van der Waals surface area contributed by atoms with Gasteiger partial charge in [0.1, 0.15) is 0 Å². The lowest BCUT2D eigenvalue weighted by atomic mass is 10.2. The molecule has 140 valence electrons. The maximum absolute atomic E-state index is 12.9. The Hall–Kier alpha value is -1.42. The summed E-state index contributed by atoms with van der Waals surface area (Å²) in [5, 5.41) is 0. The molecule has 0 spiro atoms. The Labute approximate surface area is 148 Å². The first-order chi connectivity index (χ1) is 11.8. The van der Waals surface area contributed by atoms with Crippen molar-refractivity contribution in [3.05, 3.63) is 23.7 Å². The van der Waals surface area contributed by atoms with Gasteiger partial charge in [0.05, 0.1) is 18.5 Å². The van der Waals surface area contributed by atoms with Crippen molar-refractivity contribution in [3.8, 4) is 0 Å². The van der Waals surface area contributed by atoms with Crippen LogP contribution in [-0.2, 0) is 14.9 Å². The molecule has 0 aliphatic carbocycles. The van der Waals surface area contributed by atoms with Crippen LogP contribution in [0.15, 0.2) is 16.7 Å². The monoisotopic (exact) mass is 371 g/mol. The first-order valence-corrected chi connectivity index (χ1v) is 9.92. The maximum atomic E-state index is 12.9. The summed E-state index contributed by atoms with van der Waals surface area (Å²) in [4.78, 5) is 14.1. The van der Waals surface area contributed by atoms with Gasteiger partial charge in [0, 0.05) is 44.8 Å². The van der Waals surface area contributed by atoms with Gasteiger partial charge in [-0.1, -0.05) is 0 Å². The summed E-state index contributed by atoms with van der Waals surface area (Å²) in [7, 11) is -3.54. The van der Waals surface area contributed by atoms with Gasteiger partial charge in [-0.25, -0.2) is 0 Å². The maximum Gasteiger partial charge on any atom is 0.289 e. The second-order valence-electron chi connectivity index (χ2n) is 6.71. The minimum Gasteiger partial charge on any atom is -0.459 e. The molecule has 0 aromatic carbocycles. The van der Waals surface area contributed by atoms with E-state index in [-0.39, 0.29) is 31.2 Å². The molecular weight excluding hydrogens is 346 g/mol. The Balaban J connectivity index is 1.63. The molecule has 0 bridgehead atoms. The van der Waals surface area contributed by atoms with Crippen LogP contribution < -0.4 is 0 Å². The lowest BCUT2D eigenvalue weighted by Gasteiger charge is -2.40. The number of piperazine rings is 1. The van der Waals surface area contributed by atoms with E-state index in [1.165, 1.54) is 14.9 Å². The smallest absolute Gasteiger partial charge is 0.289 e. The quantitative estimate of drug-likeness (QED) is 0.781. The molecule has 25 heavy (non-hydrogen) atoms. The van der Waals surface area contributed by atoms with Crippen LogP contribution in [0.2, 0.25) is 0 Å². The summed E-state index contributed by atoms with van der Waals surface area (Å²) in [5.74, 6) is 0.139. The molecule has 2 aliphatic heterocycles. The molecule has 2 aliphatic rings. The fraction of sp³-hybridized carbons (Fsp3) is 0.688. The summed E-state index contributed by atoms with van der Waals surface area (Å²) in [6.07, 6.45) is 1.25. The second kappa shape index (κ2) is 7.06. The van der Waals surface area contributed by atoms with Crippen molar-refractivity contribution in [1.82, 2.24) is 13.5 Å². The van der Waals surface area contributed by atoms with Gasteiger partial charge in [-0.3, -0.25) is 4.79 Å². The molecule has 9 heteroatoms. The van der Waals surface area contributed by atoms with Gasteiger partial charge in [-0.05, 0) is 26.8 Å². The van der Waals surface area contributed by atoms with Crippen LogP contribution in [0.5, 0.6) is 0 Å². The Kier molecular flexibility index (Phi) is 5.19. The molecule has 1 aromatic heterocycles. The van der Waals surface area contributed by atoms with Crippen LogP contribution in [0.4, 0.5) is 0 Å². The van der Waals surface area contributed by atoms with Crippen LogP contribution in [0, 0.1) is 6.92 Å². The SMILES string of the molecule is Cc1ccoc1C(=O)N1CCN(S(=O)(=O)N2CC(C)OC(C)C2)CC1. The average molecular weight is 371 g/mol. The first-order valence-electron chi connectivity index (χ1n) is 8.53.